The van der Waals surface area contributed by atoms with Crippen LogP contribution in [0.5, 0.6) is 0 Å². The van der Waals surface area contributed by atoms with E-state index in [1.54, 1.807) is 0 Å². The van der Waals surface area contributed by atoms with Gasteiger partial charge in [0.1, 0.15) is 5.76 Å². The molecule has 0 atom stereocenters. The van der Waals surface area contributed by atoms with Crippen LogP contribution < -0.4 is 5.73 Å². The van der Waals surface area contributed by atoms with Crippen LogP contribution in [-0.2, 0) is 13.0 Å². The summed E-state index contributed by atoms with van der Waals surface area (Å²) in [6.07, 6.45) is 5.01. The van der Waals surface area contributed by atoms with Crippen molar-refractivity contribution in [3.63, 3.8) is 0 Å². The van der Waals surface area contributed by atoms with Gasteiger partial charge in [0, 0.05) is 25.6 Å². The molecule has 1 saturated heterocycles. The van der Waals surface area contributed by atoms with Gasteiger partial charge in [-0.05, 0) is 25.9 Å². The molecule has 1 aromatic heterocycles. The van der Waals surface area contributed by atoms with Gasteiger partial charge >= 0.3 is 0 Å². The van der Waals surface area contributed by atoms with Crippen molar-refractivity contribution >= 4 is 0 Å². The number of hydrogen-bond donors (Lipinski definition) is 1. The quantitative estimate of drug-likeness (QED) is 0.808. The molecular formula is C11H19N3O. The third-order valence-corrected chi connectivity index (χ3v) is 2.94. The summed E-state index contributed by atoms with van der Waals surface area (Å²) in [6, 6.07) is 1.96. The Morgan fingerprint density at radius 3 is 2.80 bits per heavy atom. The van der Waals surface area contributed by atoms with Crippen molar-refractivity contribution in [3.8, 4) is 0 Å². The molecule has 0 amide bonds. The first kappa shape index (κ1) is 10.6. The Kier molecular flexibility index (Phi) is 3.75. The molecule has 1 aliphatic heterocycles. The van der Waals surface area contributed by atoms with Crippen LogP contribution in [0.4, 0.5) is 0 Å². The van der Waals surface area contributed by atoms with Crippen molar-refractivity contribution in [1.82, 2.24) is 10.1 Å². The molecule has 4 nitrogen and oxygen atoms in total. The number of rotatable bonds is 4. The zero-order valence-electron chi connectivity index (χ0n) is 9.11. The average Bonchev–Trinajstić information content (AvgIpc) is 2.76. The third kappa shape index (κ3) is 3.04. The fraction of sp³-hybridized carbons (Fsp3) is 0.727. The second kappa shape index (κ2) is 5.28. The molecule has 1 aromatic rings. The molecular weight excluding hydrogens is 190 g/mol. The highest BCUT2D eigenvalue weighted by Crippen LogP contribution is 2.10. The predicted octanol–water partition coefficient (Wildman–Crippen LogP) is 1.16. The Morgan fingerprint density at radius 2 is 2.13 bits per heavy atom. The lowest BCUT2D eigenvalue weighted by atomic mass is 10.1. The molecule has 0 aromatic carbocycles. The summed E-state index contributed by atoms with van der Waals surface area (Å²) in [5.41, 5.74) is 6.32. The van der Waals surface area contributed by atoms with Crippen molar-refractivity contribution < 1.29 is 4.52 Å². The zero-order chi connectivity index (χ0) is 10.5. The number of hydrogen-bond acceptors (Lipinski definition) is 4. The van der Waals surface area contributed by atoms with E-state index in [-0.39, 0.29) is 0 Å². The first-order valence-electron chi connectivity index (χ1n) is 5.75. The number of likely N-dealkylation sites (tertiary alicyclic amines) is 1. The van der Waals surface area contributed by atoms with Crippen molar-refractivity contribution in [1.29, 1.82) is 0 Å². The summed E-state index contributed by atoms with van der Waals surface area (Å²) in [5.74, 6) is 0.959. The highest BCUT2D eigenvalue weighted by Gasteiger charge is 2.11. The van der Waals surface area contributed by atoms with Crippen LogP contribution in [0.25, 0.3) is 0 Å². The Labute approximate surface area is 90.4 Å². The van der Waals surface area contributed by atoms with Crippen LogP contribution in [0.3, 0.4) is 0 Å². The number of nitrogens with zero attached hydrogens (tertiary/aromatic N) is 2. The predicted molar refractivity (Wildman–Crippen MR) is 58.4 cm³/mol. The second-order valence-electron chi connectivity index (χ2n) is 4.14. The van der Waals surface area contributed by atoms with Crippen molar-refractivity contribution in [2.75, 3.05) is 19.6 Å². The van der Waals surface area contributed by atoms with Gasteiger partial charge in [0.2, 0.25) is 0 Å². The lowest BCUT2D eigenvalue weighted by Crippen LogP contribution is -2.31. The average molecular weight is 209 g/mol. The van der Waals surface area contributed by atoms with E-state index in [2.05, 4.69) is 10.1 Å². The van der Waals surface area contributed by atoms with Crippen LogP contribution in [-0.4, -0.2) is 29.7 Å². The van der Waals surface area contributed by atoms with Crippen LogP contribution in [0.2, 0.25) is 0 Å². The minimum absolute atomic E-state index is 0.465. The highest BCUT2D eigenvalue weighted by molar-refractivity contribution is 5.05. The molecule has 2 heterocycles. The molecule has 2 rings (SSSR count). The standard InChI is InChI=1S/C11H19N3O/c12-9-10-8-11(15-13-10)4-7-14-5-2-1-3-6-14/h8H,1-7,9,12H2. The molecule has 0 spiro atoms. The minimum atomic E-state index is 0.465. The topological polar surface area (TPSA) is 55.3 Å². The molecule has 0 aliphatic carbocycles. The third-order valence-electron chi connectivity index (χ3n) is 2.94. The molecule has 0 saturated carbocycles. The van der Waals surface area contributed by atoms with E-state index in [9.17, 15) is 0 Å². The summed E-state index contributed by atoms with van der Waals surface area (Å²) < 4.78 is 5.19. The Morgan fingerprint density at radius 1 is 1.33 bits per heavy atom. The van der Waals surface area contributed by atoms with Crippen LogP contribution >= 0.6 is 0 Å². The van der Waals surface area contributed by atoms with Gasteiger partial charge in [0.05, 0.1) is 5.69 Å². The zero-order valence-corrected chi connectivity index (χ0v) is 9.11. The largest absolute Gasteiger partial charge is 0.361 e. The summed E-state index contributed by atoms with van der Waals surface area (Å²) >= 11 is 0. The van der Waals surface area contributed by atoms with E-state index in [4.69, 9.17) is 10.3 Å². The lowest BCUT2D eigenvalue weighted by Gasteiger charge is -2.25. The fourth-order valence-electron chi connectivity index (χ4n) is 2.02. The van der Waals surface area contributed by atoms with Crippen molar-refractivity contribution in [2.24, 2.45) is 5.73 Å². The highest BCUT2D eigenvalue weighted by atomic mass is 16.5. The van der Waals surface area contributed by atoms with Crippen LogP contribution in [0, 0.1) is 0 Å². The van der Waals surface area contributed by atoms with E-state index >= 15 is 0 Å². The SMILES string of the molecule is NCc1cc(CCN2CCCCC2)on1. The van der Waals surface area contributed by atoms with Gasteiger partial charge in [-0.3, -0.25) is 0 Å². The van der Waals surface area contributed by atoms with Gasteiger partial charge in [-0.1, -0.05) is 11.6 Å². The van der Waals surface area contributed by atoms with Crippen molar-refractivity contribution in [2.45, 2.75) is 32.2 Å². The monoisotopic (exact) mass is 209 g/mol. The van der Waals surface area contributed by atoms with Crippen LogP contribution in [0.15, 0.2) is 10.6 Å². The van der Waals surface area contributed by atoms with Gasteiger partial charge in [-0.15, -0.1) is 0 Å². The lowest BCUT2D eigenvalue weighted by molar-refractivity contribution is 0.224. The summed E-state index contributed by atoms with van der Waals surface area (Å²) in [6.45, 7) is 4.02. The summed E-state index contributed by atoms with van der Waals surface area (Å²) in [7, 11) is 0. The Hall–Kier alpha value is -0.870. The second-order valence-corrected chi connectivity index (χ2v) is 4.14. The number of piperidine rings is 1. The molecule has 2 N–H and O–H groups in total. The first-order valence-corrected chi connectivity index (χ1v) is 5.75. The van der Waals surface area contributed by atoms with E-state index in [0.29, 0.717) is 6.54 Å². The van der Waals surface area contributed by atoms with E-state index < -0.39 is 0 Å². The maximum atomic E-state index is 5.47. The van der Waals surface area contributed by atoms with Gasteiger partial charge in [-0.2, -0.15) is 0 Å². The molecule has 0 unspecified atom stereocenters. The van der Waals surface area contributed by atoms with Gasteiger partial charge in [-0.25, -0.2) is 0 Å². The first-order chi connectivity index (χ1) is 7.38. The molecule has 1 aliphatic rings. The smallest absolute Gasteiger partial charge is 0.138 e. The Bertz CT molecular complexity index is 292. The van der Waals surface area contributed by atoms with E-state index in [1.807, 2.05) is 6.07 Å². The summed E-state index contributed by atoms with van der Waals surface area (Å²) in [5, 5.41) is 3.88. The van der Waals surface area contributed by atoms with E-state index in [1.165, 1.54) is 32.4 Å². The fourth-order valence-corrected chi connectivity index (χ4v) is 2.02. The molecule has 0 radical (unpaired) electrons. The minimum Gasteiger partial charge on any atom is -0.361 e. The maximum absolute atomic E-state index is 5.47. The summed E-state index contributed by atoms with van der Waals surface area (Å²) in [4.78, 5) is 2.49. The van der Waals surface area contributed by atoms with E-state index in [0.717, 1.165) is 24.4 Å². The van der Waals surface area contributed by atoms with Crippen molar-refractivity contribution in [3.05, 3.63) is 17.5 Å². The van der Waals surface area contributed by atoms with Gasteiger partial charge in [0.25, 0.3) is 0 Å². The Balaban J connectivity index is 1.76. The van der Waals surface area contributed by atoms with Gasteiger partial charge in [0.15, 0.2) is 0 Å². The van der Waals surface area contributed by atoms with Gasteiger partial charge < -0.3 is 15.2 Å². The molecule has 4 heteroatoms. The number of aromatic nitrogens is 1. The normalized spacial score (nSPS) is 18.2. The number of nitrogens with two attached hydrogens (primary N) is 1. The molecule has 84 valence electrons. The maximum Gasteiger partial charge on any atom is 0.138 e. The molecule has 15 heavy (non-hydrogen) atoms. The molecule has 1 fully saturated rings. The van der Waals surface area contributed by atoms with Crippen LogP contribution in [0.1, 0.15) is 30.7 Å². The molecule has 0 bridgehead atoms.